The number of unbranched alkanes of at least 4 members (excludes halogenated alkanes) is 1. The van der Waals surface area contributed by atoms with Crippen molar-refractivity contribution in [1.82, 2.24) is 5.32 Å². The van der Waals surface area contributed by atoms with E-state index in [0.717, 1.165) is 29.4 Å². The number of nitrogens with one attached hydrogen (secondary N) is 2. The largest absolute Gasteiger partial charge is 0.355 e. The molecule has 19 heavy (non-hydrogen) atoms. The first-order valence-electron chi connectivity index (χ1n) is 6.27. The second-order valence-electron chi connectivity index (χ2n) is 4.30. The standard InChI is InChI=1S/C14H19BrN2O2/c1-10-9-11(14(19)16-2)6-7-12(10)17-13(18)5-3-4-8-15/h6-7,9H,3-5,8H2,1-2H3,(H,16,19)(H,17,18). The maximum atomic E-state index is 11.7. The van der Waals surface area contributed by atoms with E-state index in [1.807, 2.05) is 6.92 Å². The molecule has 2 N–H and O–H groups in total. The van der Waals surface area contributed by atoms with Gasteiger partial charge in [0.05, 0.1) is 0 Å². The molecule has 0 aliphatic carbocycles. The van der Waals surface area contributed by atoms with Crippen LogP contribution in [0.3, 0.4) is 0 Å². The van der Waals surface area contributed by atoms with Crippen LogP contribution in [0.1, 0.15) is 35.2 Å². The van der Waals surface area contributed by atoms with Gasteiger partial charge in [0.2, 0.25) is 5.91 Å². The van der Waals surface area contributed by atoms with E-state index in [-0.39, 0.29) is 11.8 Å². The molecule has 1 aromatic rings. The Kier molecular flexibility index (Phi) is 6.56. The Morgan fingerprint density at radius 3 is 2.58 bits per heavy atom. The zero-order valence-electron chi connectivity index (χ0n) is 11.3. The van der Waals surface area contributed by atoms with Crippen molar-refractivity contribution in [3.63, 3.8) is 0 Å². The molecule has 0 atom stereocenters. The normalized spacial score (nSPS) is 10.1. The number of hydrogen-bond acceptors (Lipinski definition) is 2. The van der Waals surface area contributed by atoms with Gasteiger partial charge in [0.15, 0.2) is 0 Å². The van der Waals surface area contributed by atoms with Crippen LogP contribution in [-0.4, -0.2) is 24.2 Å². The molecule has 0 heterocycles. The summed E-state index contributed by atoms with van der Waals surface area (Å²) in [4.78, 5) is 23.2. The average molecular weight is 327 g/mol. The monoisotopic (exact) mass is 326 g/mol. The van der Waals surface area contributed by atoms with Crippen molar-refractivity contribution >= 4 is 33.4 Å². The fourth-order valence-corrected chi connectivity index (χ4v) is 2.08. The molecule has 0 aliphatic rings. The quantitative estimate of drug-likeness (QED) is 0.623. The summed E-state index contributed by atoms with van der Waals surface area (Å²) in [5.74, 6) is -0.116. The molecule has 0 bridgehead atoms. The van der Waals surface area contributed by atoms with Crippen molar-refractivity contribution in [2.45, 2.75) is 26.2 Å². The molecule has 0 saturated carbocycles. The third-order valence-corrected chi connectivity index (χ3v) is 3.34. The van der Waals surface area contributed by atoms with E-state index in [1.165, 1.54) is 0 Å². The maximum Gasteiger partial charge on any atom is 0.251 e. The fraction of sp³-hybridized carbons (Fsp3) is 0.429. The second-order valence-corrected chi connectivity index (χ2v) is 5.10. The molecule has 0 radical (unpaired) electrons. The summed E-state index contributed by atoms with van der Waals surface area (Å²) >= 11 is 3.34. The van der Waals surface area contributed by atoms with E-state index in [2.05, 4.69) is 26.6 Å². The van der Waals surface area contributed by atoms with Gasteiger partial charge in [-0.25, -0.2) is 0 Å². The van der Waals surface area contributed by atoms with Crippen molar-refractivity contribution in [3.05, 3.63) is 29.3 Å². The number of rotatable bonds is 6. The van der Waals surface area contributed by atoms with Gasteiger partial charge < -0.3 is 10.6 Å². The van der Waals surface area contributed by atoms with Crippen LogP contribution in [0.5, 0.6) is 0 Å². The molecule has 0 aliphatic heterocycles. The Bertz CT molecular complexity index is 461. The van der Waals surface area contributed by atoms with Crippen LogP contribution < -0.4 is 10.6 Å². The Balaban J connectivity index is 2.64. The Morgan fingerprint density at radius 1 is 1.26 bits per heavy atom. The number of benzene rings is 1. The van der Waals surface area contributed by atoms with E-state index in [4.69, 9.17) is 0 Å². The zero-order chi connectivity index (χ0) is 14.3. The van der Waals surface area contributed by atoms with Crippen LogP contribution in [0.4, 0.5) is 5.69 Å². The molecule has 5 heteroatoms. The van der Waals surface area contributed by atoms with Crippen LogP contribution in [0.2, 0.25) is 0 Å². The topological polar surface area (TPSA) is 58.2 Å². The molecule has 2 amide bonds. The number of carbonyl (C=O) groups is 2. The molecule has 0 aromatic heterocycles. The highest BCUT2D eigenvalue weighted by molar-refractivity contribution is 9.09. The molecule has 1 aromatic carbocycles. The summed E-state index contributed by atoms with van der Waals surface area (Å²) in [5, 5.41) is 6.36. The van der Waals surface area contributed by atoms with Crippen molar-refractivity contribution in [2.24, 2.45) is 0 Å². The molecule has 0 saturated heterocycles. The summed E-state index contributed by atoms with van der Waals surface area (Å²) in [7, 11) is 1.59. The van der Waals surface area contributed by atoms with Gasteiger partial charge in [-0.15, -0.1) is 0 Å². The maximum absolute atomic E-state index is 11.7. The zero-order valence-corrected chi connectivity index (χ0v) is 12.8. The highest BCUT2D eigenvalue weighted by atomic mass is 79.9. The van der Waals surface area contributed by atoms with Crippen LogP contribution in [0.25, 0.3) is 0 Å². The van der Waals surface area contributed by atoms with E-state index in [9.17, 15) is 9.59 Å². The van der Waals surface area contributed by atoms with Crippen molar-refractivity contribution in [3.8, 4) is 0 Å². The summed E-state index contributed by atoms with van der Waals surface area (Å²) in [6.07, 6.45) is 2.37. The van der Waals surface area contributed by atoms with E-state index in [1.54, 1.807) is 25.2 Å². The lowest BCUT2D eigenvalue weighted by Gasteiger charge is -2.09. The predicted molar refractivity (Wildman–Crippen MR) is 80.8 cm³/mol. The van der Waals surface area contributed by atoms with E-state index in [0.29, 0.717) is 12.0 Å². The smallest absolute Gasteiger partial charge is 0.251 e. The molecule has 104 valence electrons. The first-order chi connectivity index (χ1) is 9.08. The molecule has 0 fully saturated rings. The van der Waals surface area contributed by atoms with Gasteiger partial charge in [0.25, 0.3) is 5.91 Å². The van der Waals surface area contributed by atoms with E-state index >= 15 is 0 Å². The summed E-state index contributed by atoms with van der Waals surface area (Å²) in [5.41, 5.74) is 2.24. The molecular formula is C14H19BrN2O2. The number of anilines is 1. The lowest BCUT2D eigenvalue weighted by atomic mass is 10.1. The Hall–Kier alpha value is -1.36. The predicted octanol–water partition coefficient (Wildman–Crippen LogP) is 2.86. The highest BCUT2D eigenvalue weighted by Gasteiger charge is 2.08. The third-order valence-electron chi connectivity index (χ3n) is 2.78. The highest BCUT2D eigenvalue weighted by Crippen LogP contribution is 2.17. The van der Waals surface area contributed by atoms with E-state index < -0.39 is 0 Å². The second kappa shape index (κ2) is 7.94. The number of halogens is 1. The van der Waals surface area contributed by atoms with Gasteiger partial charge in [-0.3, -0.25) is 9.59 Å². The van der Waals surface area contributed by atoms with Gasteiger partial charge in [0.1, 0.15) is 0 Å². The number of aryl methyl sites for hydroxylation is 1. The number of hydrogen-bond donors (Lipinski definition) is 2. The van der Waals surface area contributed by atoms with Gasteiger partial charge in [-0.05, 0) is 43.5 Å². The van der Waals surface area contributed by atoms with Crippen molar-refractivity contribution in [1.29, 1.82) is 0 Å². The molecule has 1 rings (SSSR count). The summed E-state index contributed by atoms with van der Waals surface area (Å²) in [6.45, 7) is 1.88. The van der Waals surface area contributed by atoms with Crippen LogP contribution in [-0.2, 0) is 4.79 Å². The molecule has 0 spiro atoms. The molecule has 0 unspecified atom stereocenters. The Morgan fingerprint density at radius 2 is 2.00 bits per heavy atom. The van der Waals surface area contributed by atoms with Gasteiger partial charge in [0, 0.05) is 30.0 Å². The minimum Gasteiger partial charge on any atom is -0.355 e. The van der Waals surface area contributed by atoms with Crippen LogP contribution in [0, 0.1) is 6.92 Å². The van der Waals surface area contributed by atoms with Gasteiger partial charge in [-0.2, -0.15) is 0 Å². The van der Waals surface area contributed by atoms with Gasteiger partial charge in [-0.1, -0.05) is 15.9 Å². The summed E-state index contributed by atoms with van der Waals surface area (Å²) < 4.78 is 0. The molecule has 4 nitrogen and oxygen atoms in total. The summed E-state index contributed by atoms with van der Waals surface area (Å²) in [6, 6.07) is 5.25. The average Bonchev–Trinajstić information content (AvgIpc) is 2.40. The van der Waals surface area contributed by atoms with Crippen molar-refractivity contribution < 1.29 is 9.59 Å². The first kappa shape index (κ1) is 15.7. The minimum atomic E-state index is -0.127. The van der Waals surface area contributed by atoms with Crippen LogP contribution in [0.15, 0.2) is 18.2 Å². The van der Waals surface area contributed by atoms with Crippen molar-refractivity contribution in [2.75, 3.05) is 17.7 Å². The SMILES string of the molecule is CNC(=O)c1ccc(NC(=O)CCCCBr)c(C)c1. The first-order valence-corrected chi connectivity index (χ1v) is 7.39. The number of amides is 2. The lowest BCUT2D eigenvalue weighted by Crippen LogP contribution is -2.18. The minimum absolute atomic E-state index is 0.0109. The Labute approximate surface area is 122 Å². The lowest BCUT2D eigenvalue weighted by molar-refractivity contribution is -0.116. The van der Waals surface area contributed by atoms with Crippen LogP contribution >= 0.6 is 15.9 Å². The van der Waals surface area contributed by atoms with Gasteiger partial charge >= 0.3 is 0 Å². The number of carbonyl (C=O) groups excluding carboxylic acids is 2. The molecular weight excluding hydrogens is 308 g/mol. The third kappa shape index (κ3) is 5.03. The fourth-order valence-electron chi connectivity index (χ4n) is 1.68. The number of alkyl halides is 1.